The smallest absolute Gasteiger partial charge is 0.261 e. The summed E-state index contributed by atoms with van der Waals surface area (Å²) in [6, 6.07) is 13.5. The van der Waals surface area contributed by atoms with E-state index in [0.717, 1.165) is 4.90 Å². The standard InChI is InChI=1S/C23H22ClN3O4/c24-16-5-3-4-15(14-16)21(29)26-11-8-17(9-12-26)25-20(28)10-13-27-22(30)18-6-1-2-7-19(18)23(27)31/h1-7,14,17H,8-13H2,(H,25,28). The molecule has 2 aliphatic heterocycles. The Labute approximate surface area is 185 Å². The second kappa shape index (κ2) is 8.89. The van der Waals surface area contributed by atoms with Crippen LogP contribution in [0.25, 0.3) is 0 Å². The number of imide groups is 1. The number of carbonyl (C=O) groups is 4. The molecule has 4 rings (SSSR count). The monoisotopic (exact) mass is 439 g/mol. The summed E-state index contributed by atoms with van der Waals surface area (Å²) in [5.41, 5.74) is 1.31. The minimum Gasteiger partial charge on any atom is -0.353 e. The van der Waals surface area contributed by atoms with Gasteiger partial charge in [0, 0.05) is 42.7 Å². The molecule has 8 heteroatoms. The van der Waals surface area contributed by atoms with Crippen LogP contribution < -0.4 is 5.32 Å². The quantitative estimate of drug-likeness (QED) is 0.726. The van der Waals surface area contributed by atoms with Crippen LogP contribution in [0, 0.1) is 0 Å². The van der Waals surface area contributed by atoms with Gasteiger partial charge in [-0.2, -0.15) is 0 Å². The summed E-state index contributed by atoms with van der Waals surface area (Å²) in [5, 5.41) is 3.47. The average molecular weight is 440 g/mol. The first kappa shape index (κ1) is 21.1. The number of nitrogens with one attached hydrogen (secondary N) is 1. The van der Waals surface area contributed by atoms with E-state index in [-0.39, 0.29) is 42.6 Å². The summed E-state index contributed by atoms with van der Waals surface area (Å²) in [5.74, 6) is -1.00. The van der Waals surface area contributed by atoms with Crippen LogP contribution in [0.2, 0.25) is 5.02 Å². The Balaban J connectivity index is 1.24. The molecule has 2 aliphatic rings. The zero-order valence-electron chi connectivity index (χ0n) is 16.8. The van der Waals surface area contributed by atoms with E-state index in [1.54, 1.807) is 53.4 Å². The lowest BCUT2D eigenvalue weighted by molar-refractivity contribution is -0.122. The summed E-state index contributed by atoms with van der Waals surface area (Å²) in [6.07, 6.45) is 1.34. The van der Waals surface area contributed by atoms with E-state index < -0.39 is 0 Å². The number of amides is 4. The van der Waals surface area contributed by atoms with Crippen molar-refractivity contribution in [2.45, 2.75) is 25.3 Å². The Morgan fingerprint density at radius 2 is 1.61 bits per heavy atom. The van der Waals surface area contributed by atoms with Gasteiger partial charge >= 0.3 is 0 Å². The summed E-state index contributed by atoms with van der Waals surface area (Å²) in [7, 11) is 0. The van der Waals surface area contributed by atoms with E-state index in [9.17, 15) is 19.2 Å². The zero-order chi connectivity index (χ0) is 22.0. The van der Waals surface area contributed by atoms with Crippen molar-refractivity contribution < 1.29 is 19.2 Å². The van der Waals surface area contributed by atoms with Gasteiger partial charge in [-0.3, -0.25) is 24.1 Å². The van der Waals surface area contributed by atoms with Crippen LogP contribution in [0.15, 0.2) is 48.5 Å². The lowest BCUT2D eigenvalue weighted by Gasteiger charge is -2.32. The third-order valence-corrected chi connectivity index (χ3v) is 5.89. The van der Waals surface area contributed by atoms with Crippen LogP contribution in [0.3, 0.4) is 0 Å². The highest BCUT2D eigenvalue weighted by molar-refractivity contribution is 6.31. The van der Waals surface area contributed by atoms with Gasteiger partial charge in [0.25, 0.3) is 17.7 Å². The van der Waals surface area contributed by atoms with E-state index in [0.29, 0.717) is 47.6 Å². The summed E-state index contributed by atoms with van der Waals surface area (Å²) < 4.78 is 0. The maximum Gasteiger partial charge on any atom is 0.261 e. The number of halogens is 1. The van der Waals surface area contributed by atoms with E-state index in [4.69, 9.17) is 11.6 Å². The Morgan fingerprint density at radius 1 is 0.968 bits per heavy atom. The molecule has 0 aromatic heterocycles. The van der Waals surface area contributed by atoms with Gasteiger partial charge in [-0.1, -0.05) is 29.8 Å². The molecule has 0 radical (unpaired) electrons. The molecular weight excluding hydrogens is 418 g/mol. The number of likely N-dealkylation sites (tertiary alicyclic amines) is 1. The maximum absolute atomic E-state index is 12.6. The van der Waals surface area contributed by atoms with Crippen LogP contribution in [0.4, 0.5) is 0 Å². The molecule has 31 heavy (non-hydrogen) atoms. The average Bonchev–Trinajstić information content (AvgIpc) is 3.02. The number of hydrogen-bond acceptors (Lipinski definition) is 4. The van der Waals surface area contributed by atoms with Crippen molar-refractivity contribution in [3.8, 4) is 0 Å². The third kappa shape index (κ3) is 4.46. The Bertz CT molecular complexity index is 1010. The molecule has 2 heterocycles. The molecule has 2 aromatic carbocycles. The minimum atomic E-state index is -0.360. The largest absolute Gasteiger partial charge is 0.353 e. The fourth-order valence-electron chi connectivity index (χ4n) is 3.99. The maximum atomic E-state index is 12.6. The molecule has 0 bridgehead atoms. The highest BCUT2D eigenvalue weighted by Gasteiger charge is 2.35. The summed E-state index contributed by atoms with van der Waals surface area (Å²) in [4.78, 5) is 52.6. The number of hydrogen-bond donors (Lipinski definition) is 1. The van der Waals surface area contributed by atoms with E-state index in [1.165, 1.54) is 0 Å². The first-order chi connectivity index (χ1) is 14.9. The third-order valence-electron chi connectivity index (χ3n) is 5.66. The van der Waals surface area contributed by atoms with E-state index in [2.05, 4.69) is 5.32 Å². The SMILES string of the molecule is O=C(CCN1C(=O)c2ccccc2C1=O)NC1CCN(C(=O)c2cccc(Cl)c2)CC1. The van der Waals surface area contributed by atoms with Crippen LogP contribution in [0.5, 0.6) is 0 Å². The lowest BCUT2D eigenvalue weighted by Crippen LogP contribution is -2.47. The summed E-state index contributed by atoms with van der Waals surface area (Å²) in [6.45, 7) is 1.12. The molecule has 0 aliphatic carbocycles. The van der Waals surface area contributed by atoms with Crippen molar-refractivity contribution in [1.29, 1.82) is 0 Å². The molecule has 160 valence electrons. The predicted octanol–water partition coefficient (Wildman–Crippen LogP) is 2.75. The Hall–Kier alpha value is -3.19. The number of benzene rings is 2. The first-order valence-electron chi connectivity index (χ1n) is 10.2. The predicted molar refractivity (Wildman–Crippen MR) is 115 cm³/mol. The van der Waals surface area contributed by atoms with Crippen LogP contribution in [-0.4, -0.2) is 59.1 Å². The fraction of sp³-hybridized carbons (Fsp3) is 0.304. The van der Waals surface area contributed by atoms with Gasteiger partial charge in [0.05, 0.1) is 11.1 Å². The van der Waals surface area contributed by atoms with Gasteiger partial charge in [-0.05, 0) is 43.2 Å². The number of nitrogens with zero attached hydrogens (tertiary/aromatic N) is 2. The van der Waals surface area contributed by atoms with Crippen molar-refractivity contribution in [2.24, 2.45) is 0 Å². The number of carbonyl (C=O) groups excluding carboxylic acids is 4. The zero-order valence-corrected chi connectivity index (χ0v) is 17.6. The second-order valence-corrected chi connectivity index (χ2v) is 8.14. The van der Waals surface area contributed by atoms with Gasteiger partial charge in [0.2, 0.25) is 5.91 Å². The van der Waals surface area contributed by atoms with Crippen molar-refractivity contribution in [3.63, 3.8) is 0 Å². The van der Waals surface area contributed by atoms with Gasteiger partial charge < -0.3 is 10.2 Å². The molecule has 7 nitrogen and oxygen atoms in total. The molecule has 0 unspecified atom stereocenters. The topological polar surface area (TPSA) is 86.8 Å². The molecule has 0 atom stereocenters. The van der Waals surface area contributed by atoms with Crippen molar-refractivity contribution in [2.75, 3.05) is 19.6 Å². The number of fused-ring (bicyclic) bond motifs is 1. The van der Waals surface area contributed by atoms with Crippen LogP contribution >= 0.6 is 11.6 Å². The van der Waals surface area contributed by atoms with Crippen LogP contribution in [0.1, 0.15) is 50.3 Å². The molecule has 2 aromatic rings. The second-order valence-electron chi connectivity index (χ2n) is 7.70. The molecule has 0 saturated carbocycles. The number of rotatable bonds is 5. The van der Waals surface area contributed by atoms with Gasteiger partial charge in [0.1, 0.15) is 0 Å². The molecule has 0 spiro atoms. The Kier molecular flexibility index (Phi) is 6.04. The first-order valence-corrected chi connectivity index (χ1v) is 10.6. The minimum absolute atomic E-state index is 0.0434. The molecule has 1 N–H and O–H groups in total. The van der Waals surface area contributed by atoms with Crippen molar-refractivity contribution in [3.05, 3.63) is 70.2 Å². The summed E-state index contributed by atoms with van der Waals surface area (Å²) >= 11 is 5.97. The lowest BCUT2D eigenvalue weighted by atomic mass is 10.0. The highest BCUT2D eigenvalue weighted by atomic mass is 35.5. The molecular formula is C23H22ClN3O4. The molecule has 4 amide bonds. The van der Waals surface area contributed by atoms with E-state index in [1.807, 2.05) is 0 Å². The fourth-order valence-corrected chi connectivity index (χ4v) is 4.18. The normalized spacial score (nSPS) is 16.4. The molecule has 1 fully saturated rings. The van der Waals surface area contributed by atoms with Crippen LogP contribution in [-0.2, 0) is 4.79 Å². The number of piperidine rings is 1. The van der Waals surface area contributed by atoms with Gasteiger partial charge in [-0.15, -0.1) is 0 Å². The van der Waals surface area contributed by atoms with Crippen molar-refractivity contribution >= 4 is 35.2 Å². The Morgan fingerprint density at radius 3 is 2.23 bits per heavy atom. The van der Waals surface area contributed by atoms with Gasteiger partial charge in [-0.25, -0.2) is 0 Å². The van der Waals surface area contributed by atoms with Gasteiger partial charge in [0.15, 0.2) is 0 Å². The highest BCUT2D eigenvalue weighted by Crippen LogP contribution is 2.22. The van der Waals surface area contributed by atoms with E-state index >= 15 is 0 Å². The van der Waals surface area contributed by atoms with Crippen molar-refractivity contribution in [1.82, 2.24) is 15.1 Å². The molecule has 1 saturated heterocycles.